The smallest absolute Gasteiger partial charge is 0.317 e. The summed E-state index contributed by atoms with van der Waals surface area (Å²) in [6.45, 7) is 0. The van der Waals surface area contributed by atoms with Crippen molar-refractivity contribution in [2.24, 2.45) is 0 Å². The van der Waals surface area contributed by atoms with Crippen molar-refractivity contribution in [3.05, 3.63) is 21.9 Å². The number of pyridine rings is 1. The van der Waals surface area contributed by atoms with Crippen molar-refractivity contribution in [1.82, 2.24) is 7.76 Å². The Hall–Kier alpha value is -0.630. The minimum atomic E-state index is -0.0229. The van der Waals surface area contributed by atoms with Crippen molar-refractivity contribution in [3.8, 4) is 0 Å². The molecule has 0 aliphatic heterocycles. The van der Waals surface area contributed by atoms with Crippen LogP contribution in [0.5, 0.6) is 0 Å². The Bertz CT molecular complexity index is 489. The zero-order chi connectivity index (χ0) is 8.72. The molecular formula is C6H4IN3OS. The van der Waals surface area contributed by atoms with Crippen LogP contribution < -0.4 is 10.6 Å². The number of thiazole rings is 1. The highest BCUT2D eigenvalue weighted by molar-refractivity contribution is 14.1. The van der Waals surface area contributed by atoms with Crippen LogP contribution in [0.3, 0.4) is 0 Å². The molecule has 2 N–H and O–H groups in total. The molecule has 6 heteroatoms. The Morgan fingerprint density at radius 3 is 3.08 bits per heavy atom. The van der Waals surface area contributed by atoms with Gasteiger partial charge in [0.2, 0.25) is 0 Å². The molecule has 0 aliphatic rings. The molecule has 0 aromatic carbocycles. The van der Waals surface area contributed by atoms with E-state index in [0.29, 0.717) is 5.82 Å². The second-order valence-corrected chi connectivity index (χ2v) is 4.12. The van der Waals surface area contributed by atoms with Gasteiger partial charge in [-0.25, -0.2) is 7.76 Å². The predicted octanol–water partition coefficient (Wildman–Crippen LogP) is 1.24. The van der Waals surface area contributed by atoms with Gasteiger partial charge in [-0.15, -0.1) is 0 Å². The summed E-state index contributed by atoms with van der Waals surface area (Å²) < 4.78 is 2.30. The molecule has 0 atom stereocenters. The van der Waals surface area contributed by atoms with E-state index < -0.39 is 0 Å². The highest BCUT2D eigenvalue weighted by Crippen LogP contribution is 2.22. The summed E-state index contributed by atoms with van der Waals surface area (Å²) in [5.74, 6) is 0.421. The second kappa shape index (κ2) is 2.70. The number of hydrogen-bond donors (Lipinski definition) is 1. The Kier molecular flexibility index (Phi) is 1.80. The van der Waals surface area contributed by atoms with Crippen LogP contribution in [0.15, 0.2) is 17.1 Å². The van der Waals surface area contributed by atoms with Crippen molar-refractivity contribution >= 4 is 50.2 Å². The van der Waals surface area contributed by atoms with Gasteiger partial charge < -0.3 is 5.73 Å². The van der Waals surface area contributed by atoms with Gasteiger partial charge in [0.05, 0.1) is 33.1 Å². The first-order valence-electron chi connectivity index (χ1n) is 3.12. The number of nitrogens with two attached hydrogens (primary N) is 1. The number of anilines is 1. The Balaban J connectivity index is 3.05. The fourth-order valence-electron chi connectivity index (χ4n) is 0.939. The van der Waals surface area contributed by atoms with Gasteiger partial charge in [0.15, 0.2) is 0 Å². The molecule has 4 nitrogen and oxygen atoms in total. The molecule has 0 spiro atoms. The van der Waals surface area contributed by atoms with Gasteiger partial charge in [-0.1, -0.05) is 11.3 Å². The summed E-state index contributed by atoms with van der Waals surface area (Å²) in [6, 6.07) is 1.77. The van der Waals surface area contributed by atoms with E-state index in [2.05, 4.69) is 4.98 Å². The summed E-state index contributed by atoms with van der Waals surface area (Å²) in [5, 5.41) is 0. The maximum Gasteiger partial charge on any atom is 0.317 e. The molecule has 2 aromatic heterocycles. The molecule has 62 valence electrons. The van der Waals surface area contributed by atoms with E-state index in [0.717, 1.165) is 21.6 Å². The van der Waals surface area contributed by atoms with E-state index in [4.69, 9.17) is 5.73 Å². The summed E-state index contributed by atoms with van der Waals surface area (Å²) in [5.41, 5.74) is 6.41. The van der Waals surface area contributed by atoms with E-state index in [1.807, 2.05) is 22.9 Å². The first-order chi connectivity index (χ1) is 5.70. The zero-order valence-electron chi connectivity index (χ0n) is 5.82. The average Bonchev–Trinajstić information content (AvgIpc) is 2.32. The molecule has 12 heavy (non-hydrogen) atoms. The van der Waals surface area contributed by atoms with Gasteiger partial charge >= 0.3 is 4.87 Å². The van der Waals surface area contributed by atoms with Gasteiger partial charge in [-0.2, -0.15) is 0 Å². The van der Waals surface area contributed by atoms with Crippen LogP contribution in [-0.4, -0.2) is 7.76 Å². The monoisotopic (exact) mass is 293 g/mol. The van der Waals surface area contributed by atoms with Crippen molar-refractivity contribution in [2.45, 2.75) is 0 Å². The van der Waals surface area contributed by atoms with E-state index >= 15 is 0 Å². The third kappa shape index (κ3) is 1.02. The minimum Gasteiger partial charge on any atom is -0.382 e. The fraction of sp³-hybridized carbons (Fsp3) is 0. The minimum absolute atomic E-state index is 0.0229. The number of nitrogens with zero attached hydrogens (tertiary/aromatic N) is 2. The maximum absolute atomic E-state index is 11.2. The Morgan fingerprint density at radius 2 is 2.42 bits per heavy atom. The van der Waals surface area contributed by atoms with Crippen LogP contribution in [0.1, 0.15) is 0 Å². The maximum atomic E-state index is 11.2. The van der Waals surface area contributed by atoms with E-state index in [-0.39, 0.29) is 4.87 Å². The van der Waals surface area contributed by atoms with Gasteiger partial charge in [-0.3, -0.25) is 4.79 Å². The first-order valence-corrected chi connectivity index (χ1v) is 4.90. The van der Waals surface area contributed by atoms with Crippen molar-refractivity contribution in [1.29, 1.82) is 0 Å². The molecule has 0 unspecified atom stereocenters. The van der Waals surface area contributed by atoms with Crippen LogP contribution in [0.4, 0.5) is 5.82 Å². The highest BCUT2D eigenvalue weighted by atomic mass is 127. The molecule has 0 fully saturated rings. The van der Waals surface area contributed by atoms with E-state index in [1.54, 1.807) is 12.3 Å². The molecule has 0 aliphatic carbocycles. The average molecular weight is 293 g/mol. The van der Waals surface area contributed by atoms with E-state index in [9.17, 15) is 4.79 Å². The second-order valence-electron chi connectivity index (χ2n) is 2.19. The molecule has 2 heterocycles. The summed E-state index contributed by atoms with van der Waals surface area (Å²) >= 11 is 3.06. The summed E-state index contributed by atoms with van der Waals surface area (Å²) in [4.78, 5) is 15.1. The third-order valence-corrected chi connectivity index (χ3v) is 3.74. The van der Waals surface area contributed by atoms with Crippen molar-refractivity contribution in [2.75, 3.05) is 5.73 Å². The number of aromatic nitrogens is 2. The molecule has 0 saturated heterocycles. The van der Waals surface area contributed by atoms with Crippen LogP contribution in [0.25, 0.3) is 10.2 Å². The first kappa shape index (κ1) is 7.99. The summed E-state index contributed by atoms with van der Waals surface area (Å²) in [7, 11) is 0. The lowest BCUT2D eigenvalue weighted by molar-refractivity contribution is 1.32. The number of halogens is 1. The zero-order valence-corrected chi connectivity index (χ0v) is 8.79. The SMILES string of the molecule is Nc1nccc2c1sc(=O)n2I. The summed E-state index contributed by atoms with van der Waals surface area (Å²) in [6.07, 6.45) is 1.60. The van der Waals surface area contributed by atoms with Crippen molar-refractivity contribution in [3.63, 3.8) is 0 Å². The van der Waals surface area contributed by atoms with Crippen molar-refractivity contribution < 1.29 is 0 Å². The van der Waals surface area contributed by atoms with Crippen LogP contribution >= 0.6 is 34.2 Å². The van der Waals surface area contributed by atoms with Gasteiger partial charge in [0.1, 0.15) is 5.82 Å². The lowest BCUT2D eigenvalue weighted by Gasteiger charge is -1.92. The molecule has 0 radical (unpaired) electrons. The Morgan fingerprint density at radius 1 is 1.67 bits per heavy atom. The van der Waals surface area contributed by atoms with Crippen LogP contribution in [0.2, 0.25) is 0 Å². The highest BCUT2D eigenvalue weighted by Gasteiger charge is 2.07. The topological polar surface area (TPSA) is 60.9 Å². The molecule has 2 aromatic rings. The molecule has 0 bridgehead atoms. The molecule has 2 rings (SSSR count). The molecular weight excluding hydrogens is 289 g/mol. The third-order valence-electron chi connectivity index (χ3n) is 1.47. The normalized spacial score (nSPS) is 10.8. The van der Waals surface area contributed by atoms with Gasteiger partial charge in [0, 0.05) is 6.20 Å². The predicted molar refractivity (Wildman–Crippen MR) is 57.7 cm³/mol. The molecule has 0 saturated carbocycles. The lowest BCUT2D eigenvalue weighted by Crippen LogP contribution is -1.99. The Labute approximate surface area is 85.5 Å². The number of nitrogen functional groups attached to an aromatic ring is 1. The van der Waals surface area contributed by atoms with Crippen LogP contribution in [-0.2, 0) is 0 Å². The number of hydrogen-bond acceptors (Lipinski definition) is 4. The van der Waals surface area contributed by atoms with Gasteiger partial charge in [-0.05, 0) is 6.07 Å². The quantitative estimate of drug-likeness (QED) is 0.743. The standard InChI is InChI=1S/C6H4IN3OS/c7-10-3-1-2-9-5(8)4(3)12-6(10)11/h1-2H,(H2,8,9). The fourth-order valence-corrected chi connectivity index (χ4v) is 2.57. The van der Waals surface area contributed by atoms with Crippen LogP contribution in [0, 0.1) is 0 Å². The van der Waals surface area contributed by atoms with E-state index in [1.165, 1.54) is 2.78 Å². The lowest BCUT2D eigenvalue weighted by atomic mass is 10.4. The van der Waals surface area contributed by atoms with Gasteiger partial charge in [0.25, 0.3) is 0 Å². The number of fused-ring (bicyclic) bond motifs is 1. The largest absolute Gasteiger partial charge is 0.382 e. The molecule has 0 amide bonds. The number of rotatable bonds is 0.